The summed E-state index contributed by atoms with van der Waals surface area (Å²) in [5, 5.41) is 10.9. The number of methoxy groups -OCH3 is 1. The normalized spacial score (nSPS) is 11.2. The van der Waals surface area contributed by atoms with E-state index in [4.69, 9.17) is 9.15 Å². The molecule has 0 radical (unpaired) electrons. The van der Waals surface area contributed by atoms with Crippen LogP contribution in [0.1, 0.15) is 5.56 Å². The van der Waals surface area contributed by atoms with E-state index in [1.165, 1.54) is 12.1 Å². The number of fused-ring (bicyclic) bond motifs is 1. The van der Waals surface area contributed by atoms with Gasteiger partial charge in [0.25, 0.3) is 5.69 Å². The first-order valence-corrected chi connectivity index (χ1v) is 8.46. The number of non-ortho nitro benzene ring substituents is 1. The van der Waals surface area contributed by atoms with Crippen LogP contribution < -0.4 is 4.74 Å². The Morgan fingerprint density at radius 3 is 2.68 bits per heavy atom. The molecule has 1 heterocycles. The smallest absolute Gasteiger partial charge is 0.270 e. The number of nitrogens with zero attached hydrogens (tertiary/aromatic N) is 3. The van der Waals surface area contributed by atoms with Gasteiger partial charge in [-0.2, -0.15) is 0 Å². The van der Waals surface area contributed by atoms with E-state index in [0.717, 1.165) is 11.3 Å². The highest BCUT2D eigenvalue weighted by Gasteiger charge is 2.09. The van der Waals surface area contributed by atoms with Gasteiger partial charge in [0.05, 0.1) is 17.7 Å². The molecule has 0 saturated heterocycles. The van der Waals surface area contributed by atoms with Crippen LogP contribution in [-0.4, -0.2) is 23.2 Å². The Morgan fingerprint density at radius 2 is 1.93 bits per heavy atom. The molecule has 0 atom stereocenters. The standard InChI is InChI=1S/C21H15N3O4/c1-27-18-8-5-15(6-9-18)21-23-19-12-16(7-10-20(19)28-21)22-13-14-3-2-4-17(11-14)24(25)26/h2-13H,1H3/b22-13+. The van der Waals surface area contributed by atoms with Crippen molar-refractivity contribution in [2.45, 2.75) is 0 Å². The Labute approximate surface area is 160 Å². The molecule has 0 N–H and O–H groups in total. The summed E-state index contributed by atoms with van der Waals surface area (Å²) in [4.78, 5) is 19.3. The molecule has 0 aliphatic heterocycles. The number of hydrogen-bond donors (Lipinski definition) is 0. The van der Waals surface area contributed by atoms with Crippen LogP contribution in [0, 0.1) is 10.1 Å². The van der Waals surface area contributed by atoms with Gasteiger partial charge in [-0.15, -0.1) is 0 Å². The van der Waals surface area contributed by atoms with Crippen molar-refractivity contribution in [3.63, 3.8) is 0 Å². The minimum absolute atomic E-state index is 0.0278. The fourth-order valence-corrected chi connectivity index (χ4v) is 2.72. The van der Waals surface area contributed by atoms with E-state index in [1.54, 1.807) is 43.7 Å². The largest absolute Gasteiger partial charge is 0.497 e. The summed E-state index contributed by atoms with van der Waals surface area (Å²) in [7, 11) is 1.62. The Morgan fingerprint density at radius 1 is 1.11 bits per heavy atom. The summed E-state index contributed by atoms with van der Waals surface area (Å²) in [6.07, 6.45) is 1.58. The molecular formula is C21H15N3O4. The fourth-order valence-electron chi connectivity index (χ4n) is 2.72. The maximum Gasteiger partial charge on any atom is 0.270 e. The SMILES string of the molecule is COc1ccc(-c2nc3cc(/N=C/c4cccc([N+](=O)[O-])c4)ccc3o2)cc1. The van der Waals surface area contributed by atoms with Crippen molar-refractivity contribution >= 4 is 28.7 Å². The van der Waals surface area contributed by atoms with Crippen LogP contribution in [0.5, 0.6) is 5.75 Å². The summed E-state index contributed by atoms with van der Waals surface area (Å²) in [5.41, 5.74) is 3.53. The van der Waals surface area contributed by atoms with E-state index in [-0.39, 0.29) is 5.69 Å². The molecule has 4 rings (SSSR count). The van der Waals surface area contributed by atoms with Gasteiger partial charge in [-0.05, 0) is 48.0 Å². The highest BCUT2D eigenvalue weighted by Crippen LogP contribution is 2.28. The fraction of sp³-hybridized carbons (Fsp3) is 0.0476. The van der Waals surface area contributed by atoms with Crippen LogP contribution in [0.15, 0.2) is 76.1 Å². The Kier molecular flexibility index (Phi) is 4.55. The van der Waals surface area contributed by atoms with E-state index >= 15 is 0 Å². The topological polar surface area (TPSA) is 90.8 Å². The number of ether oxygens (including phenoxy) is 1. The van der Waals surface area contributed by atoms with Gasteiger partial charge < -0.3 is 9.15 Å². The van der Waals surface area contributed by atoms with E-state index in [0.29, 0.717) is 28.2 Å². The zero-order valence-electron chi connectivity index (χ0n) is 14.9. The molecule has 0 unspecified atom stereocenters. The summed E-state index contributed by atoms with van der Waals surface area (Å²) in [6.45, 7) is 0. The van der Waals surface area contributed by atoms with Crippen LogP contribution >= 0.6 is 0 Å². The van der Waals surface area contributed by atoms with Gasteiger partial charge in [0.1, 0.15) is 11.3 Å². The Bertz CT molecular complexity index is 1180. The summed E-state index contributed by atoms with van der Waals surface area (Å²) in [5.74, 6) is 1.27. The first-order valence-electron chi connectivity index (χ1n) is 8.46. The Balaban J connectivity index is 1.61. The van der Waals surface area contributed by atoms with E-state index in [9.17, 15) is 10.1 Å². The number of nitro benzene ring substituents is 1. The van der Waals surface area contributed by atoms with Crippen molar-refractivity contribution in [1.29, 1.82) is 0 Å². The molecule has 0 aliphatic carbocycles. The maximum atomic E-state index is 10.9. The van der Waals surface area contributed by atoms with Crippen molar-refractivity contribution in [3.05, 3.63) is 82.4 Å². The van der Waals surface area contributed by atoms with Crippen LogP contribution in [0.4, 0.5) is 11.4 Å². The first kappa shape index (κ1) is 17.4. The summed E-state index contributed by atoms with van der Waals surface area (Å²) >= 11 is 0. The molecule has 0 aliphatic rings. The zero-order valence-corrected chi connectivity index (χ0v) is 14.9. The lowest BCUT2D eigenvalue weighted by Crippen LogP contribution is -1.89. The quantitative estimate of drug-likeness (QED) is 0.274. The van der Waals surface area contributed by atoms with Crippen molar-refractivity contribution in [1.82, 2.24) is 4.98 Å². The molecule has 0 fully saturated rings. The molecule has 1 aromatic heterocycles. The van der Waals surface area contributed by atoms with Crippen LogP contribution in [0.25, 0.3) is 22.6 Å². The van der Waals surface area contributed by atoms with Gasteiger partial charge >= 0.3 is 0 Å². The first-order chi connectivity index (χ1) is 13.6. The number of oxazole rings is 1. The molecule has 0 amide bonds. The molecule has 7 heteroatoms. The van der Waals surface area contributed by atoms with E-state index in [2.05, 4.69) is 9.98 Å². The molecule has 3 aromatic carbocycles. The van der Waals surface area contributed by atoms with Gasteiger partial charge in [0.15, 0.2) is 5.58 Å². The average molecular weight is 373 g/mol. The minimum atomic E-state index is -0.431. The molecule has 4 aromatic rings. The molecule has 0 saturated carbocycles. The second-order valence-corrected chi connectivity index (χ2v) is 6.01. The number of hydrogen-bond acceptors (Lipinski definition) is 6. The number of nitro groups is 1. The zero-order chi connectivity index (χ0) is 19.5. The number of aliphatic imine (C=N–C) groups is 1. The van der Waals surface area contributed by atoms with Crippen molar-refractivity contribution in [3.8, 4) is 17.2 Å². The number of benzene rings is 3. The highest BCUT2D eigenvalue weighted by molar-refractivity contribution is 5.85. The second kappa shape index (κ2) is 7.32. The molecule has 0 bridgehead atoms. The molecule has 7 nitrogen and oxygen atoms in total. The van der Waals surface area contributed by atoms with E-state index in [1.807, 2.05) is 24.3 Å². The lowest BCUT2D eigenvalue weighted by atomic mass is 10.2. The Hall–Kier alpha value is -4.00. The monoisotopic (exact) mass is 373 g/mol. The lowest BCUT2D eigenvalue weighted by Gasteiger charge is -1.99. The lowest BCUT2D eigenvalue weighted by molar-refractivity contribution is -0.384. The van der Waals surface area contributed by atoms with Crippen molar-refractivity contribution in [2.24, 2.45) is 4.99 Å². The van der Waals surface area contributed by atoms with Crippen LogP contribution in [-0.2, 0) is 0 Å². The van der Waals surface area contributed by atoms with Crippen molar-refractivity contribution < 1.29 is 14.1 Å². The van der Waals surface area contributed by atoms with Crippen molar-refractivity contribution in [2.75, 3.05) is 7.11 Å². The summed E-state index contributed by atoms with van der Waals surface area (Å²) < 4.78 is 11.0. The van der Waals surface area contributed by atoms with Crippen LogP contribution in [0.2, 0.25) is 0 Å². The average Bonchev–Trinajstić information content (AvgIpc) is 3.16. The van der Waals surface area contributed by atoms with Gasteiger partial charge in [0, 0.05) is 23.9 Å². The van der Waals surface area contributed by atoms with E-state index < -0.39 is 4.92 Å². The molecule has 28 heavy (non-hydrogen) atoms. The maximum absolute atomic E-state index is 10.9. The second-order valence-electron chi connectivity index (χ2n) is 6.01. The highest BCUT2D eigenvalue weighted by atomic mass is 16.6. The predicted octanol–water partition coefficient (Wildman–Crippen LogP) is 5.16. The number of aromatic nitrogens is 1. The molecule has 0 spiro atoms. The third-order valence-corrected chi connectivity index (χ3v) is 4.15. The summed E-state index contributed by atoms with van der Waals surface area (Å²) in [6, 6.07) is 19.2. The third kappa shape index (κ3) is 3.59. The minimum Gasteiger partial charge on any atom is -0.497 e. The predicted molar refractivity (Wildman–Crippen MR) is 106 cm³/mol. The third-order valence-electron chi connectivity index (χ3n) is 4.15. The van der Waals surface area contributed by atoms with Gasteiger partial charge in [0.2, 0.25) is 5.89 Å². The molecular weight excluding hydrogens is 358 g/mol. The van der Waals surface area contributed by atoms with Crippen LogP contribution in [0.3, 0.4) is 0 Å². The molecule has 138 valence electrons. The number of rotatable bonds is 5. The van der Waals surface area contributed by atoms with Gasteiger partial charge in [-0.1, -0.05) is 12.1 Å². The van der Waals surface area contributed by atoms with Gasteiger partial charge in [-0.3, -0.25) is 15.1 Å². The van der Waals surface area contributed by atoms with Gasteiger partial charge in [-0.25, -0.2) is 4.98 Å².